The van der Waals surface area contributed by atoms with E-state index in [1.54, 1.807) is 12.1 Å². The first kappa shape index (κ1) is 16.5. The van der Waals surface area contributed by atoms with Crippen molar-refractivity contribution in [2.24, 2.45) is 0 Å². The SMILES string of the molecule is CC(C)(C)c1cc(CCC(=O)[O-])ccc1O.[Na+]. The standard InChI is InChI=1S/C13H18O3.Na/c1-13(2,3)10-8-9(4-6-11(10)14)5-7-12(15)16;/h4,6,8,14H,5,7H2,1-3H3,(H,15,16);/q;+1/p-1. The van der Waals surface area contributed by atoms with E-state index in [1.165, 1.54) is 0 Å². The van der Waals surface area contributed by atoms with Gasteiger partial charge in [-0.1, -0.05) is 32.9 Å². The molecule has 0 bridgehead atoms. The van der Waals surface area contributed by atoms with Gasteiger partial charge in [-0.2, -0.15) is 0 Å². The molecule has 0 aromatic heterocycles. The summed E-state index contributed by atoms with van der Waals surface area (Å²) in [6.07, 6.45) is 0.444. The number of aliphatic carboxylic acids is 1. The van der Waals surface area contributed by atoms with Crippen molar-refractivity contribution in [3.8, 4) is 5.75 Å². The molecule has 0 spiro atoms. The molecule has 1 rings (SSSR count). The van der Waals surface area contributed by atoms with Gasteiger partial charge >= 0.3 is 29.6 Å². The molecule has 0 unspecified atom stereocenters. The number of phenolic OH excluding ortho intramolecular Hbond substituents is 1. The second kappa shape index (κ2) is 6.43. The number of carbonyl (C=O) groups is 1. The van der Waals surface area contributed by atoms with Gasteiger partial charge in [-0.15, -0.1) is 0 Å². The number of rotatable bonds is 3. The zero-order chi connectivity index (χ0) is 12.3. The molecule has 0 fully saturated rings. The van der Waals surface area contributed by atoms with E-state index in [0.717, 1.165) is 11.1 Å². The summed E-state index contributed by atoms with van der Waals surface area (Å²) in [5.41, 5.74) is 1.59. The van der Waals surface area contributed by atoms with E-state index in [9.17, 15) is 15.0 Å². The van der Waals surface area contributed by atoms with E-state index in [0.29, 0.717) is 6.42 Å². The largest absolute Gasteiger partial charge is 1.00 e. The summed E-state index contributed by atoms with van der Waals surface area (Å²) in [6, 6.07) is 5.22. The van der Waals surface area contributed by atoms with Crippen molar-refractivity contribution < 1.29 is 44.6 Å². The van der Waals surface area contributed by atoms with Crippen molar-refractivity contribution in [2.75, 3.05) is 0 Å². The van der Waals surface area contributed by atoms with Crippen LogP contribution in [0.2, 0.25) is 0 Å². The van der Waals surface area contributed by atoms with Crippen LogP contribution in [0.15, 0.2) is 18.2 Å². The predicted octanol–water partition coefficient (Wildman–Crippen LogP) is -1.62. The van der Waals surface area contributed by atoms with Gasteiger partial charge in [0, 0.05) is 5.97 Å². The Kier molecular flexibility index (Phi) is 6.24. The summed E-state index contributed by atoms with van der Waals surface area (Å²) >= 11 is 0. The summed E-state index contributed by atoms with van der Waals surface area (Å²) in [5.74, 6) is -0.796. The first-order valence-corrected chi connectivity index (χ1v) is 5.33. The molecule has 0 aliphatic heterocycles. The number of aryl methyl sites for hydroxylation is 1. The average molecular weight is 244 g/mol. The Balaban J connectivity index is 0.00000256. The number of aromatic hydroxyl groups is 1. The Morgan fingerprint density at radius 1 is 1.35 bits per heavy atom. The Hall–Kier alpha value is -0.510. The summed E-state index contributed by atoms with van der Waals surface area (Å²) < 4.78 is 0. The normalized spacial score (nSPS) is 10.8. The van der Waals surface area contributed by atoms with Gasteiger partial charge in [0.15, 0.2) is 0 Å². The van der Waals surface area contributed by atoms with Crippen LogP contribution < -0.4 is 34.7 Å². The van der Waals surface area contributed by atoms with E-state index < -0.39 is 5.97 Å². The second-order valence-electron chi connectivity index (χ2n) is 4.97. The van der Waals surface area contributed by atoms with Crippen LogP contribution in [0.3, 0.4) is 0 Å². The second-order valence-corrected chi connectivity index (χ2v) is 4.97. The maximum atomic E-state index is 10.4. The Morgan fingerprint density at radius 2 is 1.94 bits per heavy atom. The number of benzene rings is 1. The van der Waals surface area contributed by atoms with Crippen molar-refractivity contribution in [1.29, 1.82) is 0 Å². The molecule has 0 amide bonds. The van der Waals surface area contributed by atoms with Gasteiger partial charge in [-0.05, 0) is 35.4 Å². The maximum Gasteiger partial charge on any atom is 1.00 e. The summed E-state index contributed by atoms with van der Waals surface area (Å²) in [5, 5.41) is 20.1. The van der Waals surface area contributed by atoms with Crippen LogP contribution in [0.1, 0.15) is 38.3 Å². The summed E-state index contributed by atoms with van der Waals surface area (Å²) in [7, 11) is 0. The third kappa shape index (κ3) is 5.11. The van der Waals surface area contributed by atoms with Crippen LogP contribution >= 0.6 is 0 Å². The summed E-state index contributed by atoms with van der Waals surface area (Å²) in [4.78, 5) is 10.4. The Labute approximate surface area is 124 Å². The van der Waals surface area contributed by atoms with Gasteiger partial charge in [-0.25, -0.2) is 0 Å². The Bertz CT molecular complexity index is 394. The number of phenols is 1. The van der Waals surface area contributed by atoms with Crippen molar-refractivity contribution >= 4 is 5.97 Å². The number of hydrogen-bond acceptors (Lipinski definition) is 3. The molecule has 0 heterocycles. The Morgan fingerprint density at radius 3 is 2.41 bits per heavy atom. The van der Waals surface area contributed by atoms with Crippen molar-refractivity contribution in [3.05, 3.63) is 29.3 Å². The molecule has 0 aliphatic rings. The molecule has 88 valence electrons. The van der Waals surface area contributed by atoms with Crippen LogP contribution in [-0.4, -0.2) is 11.1 Å². The van der Waals surface area contributed by atoms with Gasteiger partial charge in [0.05, 0.1) is 0 Å². The zero-order valence-corrected chi connectivity index (χ0v) is 12.9. The topological polar surface area (TPSA) is 60.4 Å². The van der Waals surface area contributed by atoms with Gasteiger partial charge in [-0.3, -0.25) is 0 Å². The van der Waals surface area contributed by atoms with Crippen LogP contribution in [0.4, 0.5) is 0 Å². The van der Waals surface area contributed by atoms with E-state index in [4.69, 9.17) is 0 Å². The smallest absolute Gasteiger partial charge is 0.550 e. The third-order valence-electron chi connectivity index (χ3n) is 2.49. The minimum Gasteiger partial charge on any atom is -0.550 e. The number of carboxylic acids is 1. The zero-order valence-electron chi connectivity index (χ0n) is 10.9. The molecule has 1 aromatic carbocycles. The fourth-order valence-corrected chi connectivity index (χ4v) is 1.59. The molecule has 0 saturated heterocycles. The molecule has 0 radical (unpaired) electrons. The molecule has 1 aromatic rings. The molecule has 3 nitrogen and oxygen atoms in total. The van der Waals surface area contributed by atoms with Gasteiger partial charge < -0.3 is 15.0 Å². The molecular weight excluding hydrogens is 227 g/mol. The number of hydrogen-bond donors (Lipinski definition) is 1. The molecule has 17 heavy (non-hydrogen) atoms. The van der Waals surface area contributed by atoms with Crippen LogP contribution in [0.5, 0.6) is 5.75 Å². The van der Waals surface area contributed by atoms with Crippen molar-refractivity contribution in [3.63, 3.8) is 0 Å². The van der Waals surface area contributed by atoms with E-state index in [-0.39, 0.29) is 47.1 Å². The average Bonchev–Trinajstić information content (AvgIpc) is 2.14. The quantitative estimate of drug-likeness (QED) is 0.650. The van der Waals surface area contributed by atoms with Crippen molar-refractivity contribution in [2.45, 2.75) is 39.0 Å². The monoisotopic (exact) mass is 244 g/mol. The number of carboxylic acid groups (broad SMARTS) is 1. The van der Waals surface area contributed by atoms with Crippen molar-refractivity contribution in [1.82, 2.24) is 0 Å². The fourth-order valence-electron chi connectivity index (χ4n) is 1.59. The van der Waals surface area contributed by atoms with E-state index in [2.05, 4.69) is 0 Å². The van der Waals surface area contributed by atoms with Crippen LogP contribution in [0.25, 0.3) is 0 Å². The summed E-state index contributed by atoms with van der Waals surface area (Å²) in [6.45, 7) is 6.01. The molecule has 0 saturated carbocycles. The van der Waals surface area contributed by atoms with E-state index in [1.807, 2.05) is 26.8 Å². The molecule has 4 heteroatoms. The minimum absolute atomic E-state index is 0. The van der Waals surface area contributed by atoms with Crippen LogP contribution in [0, 0.1) is 0 Å². The maximum absolute atomic E-state index is 10.4. The van der Waals surface area contributed by atoms with E-state index >= 15 is 0 Å². The molecule has 0 aliphatic carbocycles. The first-order chi connectivity index (χ1) is 7.30. The predicted molar refractivity (Wildman–Crippen MR) is 60.1 cm³/mol. The fraction of sp³-hybridized carbons (Fsp3) is 0.462. The third-order valence-corrected chi connectivity index (χ3v) is 2.49. The molecular formula is C13H17NaO3. The minimum atomic E-state index is -1.05. The van der Waals surface area contributed by atoms with Crippen LogP contribution in [-0.2, 0) is 16.6 Å². The van der Waals surface area contributed by atoms with Gasteiger partial charge in [0.2, 0.25) is 0 Å². The van der Waals surface area contributed by atoms with Gasteiger partial charge in [0.25, 0.3) is 0 Å². The first-order valence-electron chi connectivity index (χ1n) is 5.33. The molecule has 1 N–H and O–H groups in total. The number of carbonyl (C=O) groups excluding carboxylic acids is 1. The molecule has 0 atom stereocenters. The van der Waals surface area contributed by atoms with Gasteiger partial charge in [0.1, 0.15) is 5.75 Å².